The lowest BCUT2D eigenvalue weighted by Gasteiger charge is -2.23. The lowest BCUT2D eigenvalue weighted by molar-refractivity contribution is 0.222. The SMILES string of the molecule is c1csc(-c2noc(CCCN3CCC[C@H]3Cn3cncn3)n2)c1. The zero-order valence-corrected chi connectivity index (χ0v) is 14.2. The van der Waals surface area contributed by atoms with Gasteiger partial charge in [0, 0.05) is 12.5 Å². The van der Waals surface area contributed by atoms with E-state index in [4.69, 9.17) is 4.52 Å². The highest BCUT2D eigenvalue weighted by Crippen LogP contribution is 2.22. The highest BCUT2D eigenvalue weighted by Gasteiger charge is 2.24. The van der Waals surface area contributed by atoms with Crippen molar-refractivity contribution in [3.63, 3.8) is 0 Å². The third-order valence-corrected chi connectivity index (χ3v) is 5.27. The van der Waals surface area contributed by atoms with Gasteiger partial charge in [-0.05, 0) is 43.8 Å². The van der Waals surface area contributed by atoms with Gasteiger partial charge in [-0.2, -0.15) is 10.1 Å². The van der Waals surface area contributed by atoms with Gasteiger partial charge >= 0.3 is 0 Å². The van der Waals surface area contributed by atoms with Gasteiger partial charge in [0.05, 0.1) is 11.4 Å². The Morgan fingerprint density at radius 1 is 1.38 bits per heavy atom. The molecule has 4 rings (SSSR count). The summed E-state index contributed by atoms with van der Waals surface area (Å²) in [7, 11) is 0. The van der Waals surface area contributed by atoms with E-state index in [0.29, 0.717) is 11.9 Å². The highest BCUT2D eigenvalue weighted by atomic mass is 32.1. The van der Waals surface area contributed by atoms with Crippen LogP contribution in [0.5, 0.6) is 0 Å². The fraction of sp³-hybridized carbons (Fsp3) is 0.500. The van der Waals surface area contributed by atoms with Crippen LogP contribution in [0.25, 0.3) is 10.7 Å². The number of nitrogens with zero attached hydrogens (tertiary/aromatic N) is 6. The molecule has 3 aromatic heterocycles. The van der Waals surface area contributed by atoms with E-state index in [1.54, 1.807) is 24.0 Å². The summed E-state index contributed by atoms with van der Waals surface area (Å²) in [5.41, 5.74) is 0. The average molecular weight is 344 g/mol. The van der Waals surface area contributed by atoms with Gasteiger partial charge < -0.3 is 4.52 Å². The second kappa shape index (κ2) is 7.23. The quantitative estimate of drug-likeness (QED) is 0.656. The van der Waals surface area contributed by atoms with Gasteiger partial charge in [0.15, 0.2) is 0 Å². The number of hydrogen-bond acceptors (Lipinski definition) is 7. The fourth-order valence-electron chi connectivity index (χ4n) is 3.23. The van der Waals surface area contributed by atoms with E-state index in [0.717, 1.165) is 43.2 Å². The summed E-state index contributed by atoms with van der Waals surface area (Å²) < 4.78 is 7.29. The monoisotopic (exact) mass is 344 g/mol. The van der Waals surface area contributed by atoms with E-state index in [2.05, 4.69) is 25.1 Å². The van der Waals surface area contributed by atoms with E-state index in [1.165, 1.54) is 12.8 Å². The lowest BCUT2D eigenvalue weighted by Crippen LogP contribution is -2.34. The van der Waals surface area contributed by atoms with Crippen molar-refractivity contribution in [3.05, 3.63) is 36.1 Å². The van der Waals surface area contributed by atoms with Crippen LogP contribution in [0.15, 0.2) is 34.7 Å². The Kier molecular flexibility index (Phi) is 4.66. The Morgan fingerprint density at radius 3 is 3.21 bits per heavy atom. The molecule has 24 heavy (non-hydrogen) atoms. The first-order valence-corrected chi connectivity index (χ1v) is 9.19. The predicted octanol–water partition coefficient (Wildman–Crippen LogP) is 2.49. The molecule has 0 aromatic carbocycles. The van der Waals surface area contributed by atoms with Crippen molar-refractivity contribution in [2.24, 2.45) is 0 Å². The normalized spacial score (nSPS) is 18.4. The highest BCUT2D eigenvalue weighted by molar-refractivity contribution is 7.13. The molecule has 1 fully saturated rings. The summed E-state index contributed by atoms with van der Waals surface area (Å²) in [6.07, 6.45) is 7.72. The minimum atomic E-state index is 0.552. The molecule has 8 heteroatoms. The van der Waals surface area contributed by atoms with E-state index >= 15 is 0 Å². The van der Waals surface area contributed by atoms with Crippen LogP contribution in [0.4, 0.5) is 0 Å². The first-order chi connectivity index (χ1) is 11.9. The van der Waals surface area contributed by atoms with Crippen LogP contribution in [0.2, 0.25) is 0 Å². The number of thiophene rings is 1. The van der Waals surface area contributed by atoms with Gasteiger partial charge in [-0.25, -0.2) is 4.98 Å². The van der Waals surface area contributed by atoms with Crippen LogP contribution in [-0.4, -0.2) is 48.9 Å². The first kappa shape index (κ1) is 15.5. The van der Waals surface area contributed by atoms with Crippen LogP contribution in [0.1, 0.15) is 25.2 Å². The molecule has 0 unspecified atom stereocenters. The average Bonchev–Trinajstić information content (AvgIpc) is 3.37. The summed E-state index contributed by atoms with van der Waals surface area (Å²) >= 11 is 1.63. The van der Waals surface area contributed by atoms with Gasteiger partial charge in [-0.15, -0.1) is 11.3 Å². The van der Waals surface area contributed by atoms with Gasteiger partial charge in [-0.1, -0.05) is 11.2 Å². The van der Waals surface area contributed by atoms with E-state index < -0.39 is 0 Å². The third kappa shape index (κ3) is 3.54. The Morgan fingerprint density at radius 2 is 2.38 bits per heavy atom. The molecule has 7 nitrogen and oxygen atoms in total. The lowest BCUT2D eigenvalue weighted by atomic mass is 10.2. The Bertz CT molecular complexity index is 739. The molecule has 0 aliphatic carbocycles. The van der Waals surface area contributed by atoms with Gasteiger partial charge in [0.1, 0.15) is 12.7 Å². The molecular formula is C16H20N6OS. The molecule has 0 spiro atoms. The summed E-state index contributed by atoms with van der Waals surface area (Å²) in [5.74, 6) is 1.43. The summed E-state index contributed by atoms with van der Waals surface area (Å²) in [6, 6.07) is 4.56. The van der Waals surface area contributed by atoms with Crippen molar-refractivity contribution < 1.29 is 4.52 Å². The number of aryl methyl sites for hydroxylation is 1. The molecule has 0 N–H and O–H groups in total. The molecule has 126 valence electrons. The van der Waals surface area contributed by atoms with Crippen LogP contribution in [0.3, 0.4) is 0 Å². The predicted molar refractivity (Wildman–Crippen MR) is 90.5 cm³/mol. The number of aromatic nitrogens is 5. The van der Waals surface area contributed by atoms with Gasteiger partial charge in [0.2, 0.25) is 11.7 Å². The molecule has 0 amide bonds. The number of likely N-dealkylation sites (tertiary alicyclic amines) is 1. The molecule has 3 aromatic rings. The van der Waals surface area contributed by atoms with Crippen molar-refractivity contribution >= 4 is 11.3 Å². The van der Waals surface area contributed by atoms with Gasteiger partial charge in [0.25, 0.3) is 0 Å². The van der Waals surface area contributed by atoms with Crippen LogP contribution >= 0.6 is 11.3 Å². The smallest absolute Gasteiger partial charge is 0.227 e. The maximum atomic E-state index is 5.37. The minimum Gasteiger partial charge on any atom is -0.339 e. The standard InChI is InChI=1S/C16H20N6OS/c1-4-13(10-22-12-17-11-18-22)21(7-1)8-2-6-15-19-16(20-23-15)14-5-3-9-24-14/h3,5,9,11-13H,1-2,4,6-8,10H2/t13-/m0/s1. The molecular weight excluding hydrogens is 324 g/mol. The summed E-state index contributed by atoms with van der Waals surface area (Å²) in [6.45, 7) is 3.13. The van der Waals surface area contributed by atoms with Crippen molar-refractivity contribution in [2.75, 3.05) is 13.1 Å². The van der Waals surface area contributed by atoms with Gasteiger partial charge in [-0.3, -0.25) is 9.58 Å². The van der Waals surface area contributed by atoms with Crippen LogP contribution in [-0.2, 0) is 13.0 Å². The van der Waals surface area contributed by atoms with E-state index in [-0.39, 0.29) is 0 Å². The van der Waals surface area contributed by atoms with Crippen molar-refractivity contribution in [2.45, 2.75) is 38.3 Å². The summed E-state index contributed by atoms with van der Waals surface area (Å²) in [5, 5.41) is 10.3. The molecule has 0 saturated carbocycles. The van der Waals surface area contributed by atoms with Crippen molar-refractivity contribution in [3.8, 4) is 10.7 Å². The molecule has 0 radical (unpaired) electrons. The largest absolute Gasteiger partial charge is 0.339 e. The molecule has 0 bridgehead atoms. The van der Waals surface area contributed by atoms with Crippen molar-refractivity contribution in [1.82, 2.24) is 29.8 Å². The zero-order valence-electron chi connectivity index (χ0n) is 13.4. The fourth-order valence-corrected chi connectivity index (χ4v) is 3.88. The summed E-state index contributed by atoms with van der Waals surface area (Å²) in [4.78, 5) is 12.1. The number of rotatable bonds is 7. The second-order valence-corrected chi connectivity index (χ2v) is 6.99. The van der Waals surface area contributed by atoms with E-state index in [1.807, 2.05) is 22.2 Å². The molecule has 1 atom stereocenters. The maximum absolute atomic E-state index is 5.37. The first-order valence-electron chi connectivity index (χ1n) is 8.31. The van der Waals surface area contributed by atoms with E-state index in [9.17, 15) is 0 Å². The number of hydrogen-bond donors (Lipinski definition) is 0. The second-order valence-electron chi connectivity index (χ2n) is 6.04. The molecule has 1 saturated heterocycles. The Hall–Kier alpha value is -2.06. The molecule has 1 aliphatic rings. The maximum Gasteiger partial charge on any atom is 0.227 e. The van der Waals surface area contributed by atoms with Crippen LogP contribution < -0.4 is 0 Å². The molecule has 4 heterocycles. The van der Waals surface area contributed by atoms with Crippen molar-refractivity contribution in [1.29, 1.82) is 0 Å². The third-order valence-electron chi connectivity index (χ3n) is 4.41. The topological polar surface area (TPSA) is 72.9 Å². The zero-order chi connectivity index (χ0) is 16.2. The minimum absolute atomic E-state index is 0.552. The van der Waals surface area contributed by atoms with Crippen LogP contribution in [0, 0.1) is 0 Å². The Balaban J connectivity index is 1.27. The Labute approximate surface area is 144 Å². The molecule has 1 aliphatic heterocycles.